The van der Waals surface area contributed by atoms with E-state index < -0.39 is 0 Å². The van der Waals surface area contributed by atoms with Gasteiger partial charge in [-0.05, 0) is 53.1 Å². The quantitative estimate of drug-likeness (QED) is 0.534. The van der Waals surface area contributed by atoms with Crippen molar-refractivity contribution in [1.29, 1.82) is 0 Å². The minimum absolute atomic E-state index is 0.662. The highest BCUT2D eigenvalue weighted by atomic mass is 16.5. The highest BCUT2D eigenvalue weighted by molar-refractivity contribution is 4.63. The molecule has 104 valence electrons. The maximum absolute atomic E-state index is 5.31. The van der Waals surface area contributed by atoms with Crippen LogP contribution in [0.5, 0.6) is 0 Å². The average Bonchev–Trinajstić information content (AvgIpc) is 2.31. The zero-order chi connectivity index (χ0) is 12.9. The van der Waals surface area contributed by atoms with Crippen LogP contribution in [0.2, 0.25) is 0 Å². The van der Waals surface area contributed by atoms with Gasteiger partial charge in [0.1, 0.15) is 0 Å². The Balaban J connectivity index is 3.30. The van der Waals surface area contributed by atoms with E-state index in [0.29, 0.717) is 6.04 Å². The second-order valence-electron chi connectivity index (χ2n) is 4.78. The Morgan fingerprint density at radius 2 is 1.82 bits per heavy atom. The summed E-state index contributed by atoms with van der Waals surface area (Å²) < 4.78 is 5.31. The van der Waals surface area contributed by atoms with Crippen LogP contribution in [-0.4, -0.2) is 50.3 Å². The molecule has 0 aromatic rings. The molecule has 0 aliphatic heterocycles. The molecule has 0 aromatic carbocycles. The standard InChI is InChI=1S/C14H32N2O/c1-5-11-16(14(3)4)12-10-15-9-7-8-13-17-6-2/h14-15H,5-13H2,1-4H3. The lowest BCUT2D eigenvalue weighted by molar-refractivity contribution is 0.143. The molecule has 17 heavy (non-hydrogen) atoms. The molecule has 0 saturated carbocycles. The molecule has 0 rings (SSSR count). The molecular formula is C14H32N2O. The van der Waals surface area contributed by atoms with E-state index in [1.165, 1.54) is 25.8 Å². The van der Waals surface area contributed by atoms with Gasteiger partial charge in [-0.25, -0.2) is 0 Å². The Labute approximate surface area is 108 Å². The number of hydrogen-bond acceptors (Lipinski definition) is 3. The van der Waals surface area contributed by atoms with Crippen molar-refractivity contribution in [3.8, 4) is 0 Å². The number of hydrogen-bond donors (Lipinski definition) is 1. The third kappa shape index (κ3) is 10.7. The van der Waals surface area contributed by atoms with Crippen LogP contribution in [0, 0.1) is 0 Å². The van der Waals surface area contributed by atoms with Crippen molar-refractivity contribution in [3.05, 3.63) is 0 Å². The molecule has 0 aliphatic carbocycles. The van der Waals surface area contributed by atoms with Crippen molar-refractivity contribution in [3.63, 3.8) is 0 Å². The van der Waals surface area contributed by atoms with Gasteiger partial charge in [0, 0.05) is 32.3 Å². The number of ether oxygens (including phenoxy) is 1. The van der Waals surface area contributed by atoms with E-state index in [0.717, 1.165) is 32.8 Å². The lowest BCUT2D eigenvalue weighted by atomic mass is 10.3. The Morgan fingerprint density at radius 3 is 2.41 bits per heavy atom. The van der Waals surface area contributed by atoms with Crippen LogP contribution < -0.4 is 5.32 Å². The van der Waals surface area contributed by atoms with Gasteiger partial charge in [-0.15, -0.1) is 0 Å². The van der Waals surface area contributed by atoms with E-state index in [4.69, 9.17) is 4.74 Å². The summed E-state index contributed by atoms with van der Waals surface area (Å²) in [5.74, 6) is 0. The van der Waals surface area contributed by atoms with Crippen molar-refractivity contribution in [2.45, 2.75) is 53.0 Å². The maximum Gasteiger partial charge on any atom is 0.0466 e. The Kier molecular flexibility index (Phi) is 12.3. The molecule has 0 radical (unpaired) electrons. The zero-order valence-electron chi connectivity index (χ0n) is 12.3. The topological polar surface area (TPSA) is 24.5 Å². The highest BCUT2D eigenvalue weighted by Gasteiger charge is 2.06. The Morgan fingerprint density at radius 1 is 1.06 bits per heavy atom. The Bertz CT molecular complexity index is 151. The molecule has 0 saturated heterocycles. The van der Waals surface area contributed by atoms with Crippen LogP contribution in [-0.2, 0) is 4.74 Å². The van der Waals surface area contributed by atoms with Crippen LogP contribution in [0.1, 0.15) is 47.0 Å². The second kappa shape index (κ2) is 12.3. The number of nitrogens with one attached hydrogen (secondary N) is 1. The fourth-order valence-electron chi connectivity index (χ4n) is 1.86. The lowest BCUT2D eigenvalue weighted by Crippen LogP contribution is -2.37. The minimum Gasteiger partial charge on any atom is -0.382 e. The number of rotatable bonds is 12. The predicted octanol–water partition coefficient (Wildman–Crippen LogP) is 2.51. The largest absolute Gasteiger partial charge is 0.382 e. The molecule has 0 bridgehead atoms. The maximum atomic E-state index is 5.31. The Hall–Kier alpha value is -0.120. The molecule has 0 heterocycles. The summed E-state index contributed by atoms with van der Waals surface area (Å²) in [5.41, 5.74) is 0. The average molecular weight is 244 g/mol. The summed E-state index contributed by atoms with van der Waals surface area (Å²) in [4.78, 5) is 2.53. The molecule has 1 N–H and O–H groups in total. The first-order valence-corrected chi connectivity index (χ1v) is 7.24. The van der Waals surface area contributed by atoms with Crippen molar-refractivity contribution in [2.75, 3.05) is 39.4 Å². The van der Waals surface area contributed by atoms with E-state index >= 15 is 0 Å². The van der Waals surface area contributed by atoms with Crippen LogP contribution in [0.3, 0.4) is 0 Å². The van der Waals surface area contributed by atoms with Crippen LogP contribution in [0.25, 0.3) is 0 Å². The molecule has 0 atom stereocenters. The lowest BCUT2D eigenvalue weighted by Gasteiger charge is -2.25. The fourth-order valence-corrected chi connectivity index (χ4v) is 1.86. The second-order valence-corrected chi connectivity index (χ2v) is 4.78. The molecular weight excluding hydrogens is 212 g/mol. The van der Waals surface area contributed by atoms with Crippen LogP contribution in [0.15, 0.2) is 0 Å². The van der Waals surface area contributed by atoms with E-state index in [1.807, 2.05) is 6.92 Å². The van der Waals surface area contributed by atoms with Gasteiger partial charge in [0.2, 0.25) is 0 Å². The number of nitrogens with zero attached hydrogens (tertiary/aromatic N) is 1. The molecule has 0 aliphatic rings. The van der Waals surface area contributed by atoms with Crippen molar-refractivity contribution in [2.24, 2.45) is 0 Å². The van der Waals surface area contributed by atoms with Gasteiger partial charge < -0.3 is 10.1 Å². The molecule has 0 fully saturated rings. The van der Waals surface area contributed by atoms with Gasteiger partial charge in [-0.3, -0.25) is 4.90 Å². The van der Waals surface area contributed by atoms with Crippen molar-refractivity contribution in [1.82, 2.24) is 10.2 Å². The van der Waals surface area contributed by atoms with Gasteiger partial charge in [0.05, 0.1) is 0 Å². The van der Waals surface area contributed by atoms with Crippen LogP contribution >= 0.6 is 0 Å². The van der Waals surface area contributed by atoms with E-state index in [1.54, 1.807) is 0 Å². The van der Waals surface area contributed by atoms with E-state index in [2.05, 4.69) is 31.0 Å². The molecule has 0 amide bonds. The fraction of sp³-hybridized carbons (Fsp3) is 1.00. The van der Waals surface area contributed by atoms with Gasteiger partial charge in [0.25, 0.3) is 0 Å². The van der Waals surface area contributed by atoms with E-state index in [-0.39, 0.29) is 0 Å². The first-order chi connectivity index (χ1) is 8.22. The highest BCUT2D eigenvalue weighted by Crippen LogP contribution is 1.98. The van der Waals surface area contributed by atoms with Crippen molar-refractivity contribution < 1.29 is 4.74 Å². The van der Waals surface area contributed by atoms with Gasteiger partial charge in [-0.2, -0.15) is 0 Å². The van der Waals surface area contributed by atoms with Gasteiger partial charge in [-0.1, -0.05) is 6.92 Å². The molecule has 0 unspecified atom stereocenters. The predicted molar refractivity (Wildman–Crippen MR) is 75.6 cm³/mol. The SMILES string of the molecule is CCCN(CCNCCCCOCC)C(C)C. The zero-order valence-corrected chi connectivity index (χ0v) is 12.3. The smallest absolute Gasteiger partial charge is 0.0466 e. The summed E-state index contributed by atoms with van der Waals surface area (Å²) >= 11 is 0. The first-order valence-electron chi connectivity index (χ1n) is 7.24. The van der Waals surface area contributed by atoms with Crippen molar-refractivity contribution >= 4 is 0 Å². The minimum atomic E-state index is 0.662. The molecule has 3 nitrogen and oxygen atoms in total. The molecule has 0 aromatic heterocycles. The third-order valence-corrected chi connectivity index (χ3v) is 2.91. The summed E-state index contributed by atoms with van der Waals surface area (Å²) in [5, 5.41) is 3.51. The monoisotopic (exact) mass is 244 g/mol. The van der Waals surface area contributed by atoms with Gasteiger partial charge in [0.15, 0.2) is 0 Å². The van der Waals surface area contributed by atoms with Gasteiger partial charge >= 0.3 is 0 Å². The first kappa shape index (κ1) is 16.9. The number of unbranched alkanes of at least 4 members (excludes halogenated alkanes) is 1. The summed E-state index contributed by atoms with van der Waals surface area (Å²) in [6.07, 6.45) is 3.63. The summed E-state index contributed by atoms with van der Waals surface area (Å²) in [6, 6.07) is 0.662. The molecule has 0 spiro atoms. The van der Waals surface area contributed by atoms with E-state index in [9.17, 15) is 0 Å². The molecule has 3 heteroatoms. The summed E-state index contributed by atoms with van der Waals surface area (Å²) in [7, 11) is 0. The third-order valence-electron chi connectivity index (χ3n) is 2.91. The summed E-state index contributed by atoms with van der Waals surface area (Å²) in [6.45, 7) is 15.2. The van der Waals surface area contributed by atoms with Crippen LogP contribution in [0.4, 0.5) is 0 Å². The normalized spacial score (nSPS) is 11.6.